The Hall–Kier alpha value is -0.610. The van der Waals surface area contributed by atoms with Crippen molar-refractivity contribution >= 4 is 5.91 Å². The van der Waals surface area contributed by atoms with Crippen molar-refractivity contribution in [3.63, 3.8) is 0 Å². The molecule has 2 atom stereocenters. The van der Waals surface area contributed by atoms with Crippen LogP contribution < -0.4 is 5.32 Å². The monoisotopic (exact) mass is 203 g/mol. The van der Waals surface area contributed by atoms with Crippen molar-refractivity contribution in [1.29, 1.82) is 0 Å². The minimum Gasteiger partial charge on any atom is -0.393 e. The number of hydrogen-bond donors (Lipinski definition) is 2. The molecule has 0 rings (SSSR count). The van der Waals surface area contributed by atoms with E-state index in [2.05, 4.69) is 5.32 Å². The molecule has 84 valence electrons. The summed E-state index contributed by atoms with van der Waals surface area (Å²) in [7, 11) is 0. The van der Waals surface area contributed by atoms with Crippen LogP contribution in [0.5, 0.6) is 0 Å². The van der Waals surface area contributed by atoms with Crippen LogP contribution in [0.15, 0.2) is 0 Å². The molecule has 14 heavy (non-hydrogen) atoms. The van der Waals surface area contributed by atoms with E-state index in [0.717, 1.165) is 0 Å². The van der Waals surface area contributed by atoms with E-state index in [4.69, 9.17) is 9.84 Å². The van der Waals surface area contributed by atoms with Crippen molar-refractivity contribution in [3.05, 3.63) is 0 Å². The molecule has 0 aromatic heterocycles. The van der Waals surface area contributed by atoms with Gasteiger partial charge >= 0.3 is 0 Å². The number of aliphatic hydroxyl groups is 1. The molecule has 0 saturated heterocycles. The summed E-state index contributed by atoms with van der Waals surface area (Å²) in [6.45, 7) is 6.86. The normalized spacial score (nSPS) is 14.9. The highest BCUT2D eigenvalue weighted by Gasteiger charge is 2.07. The third-order valence-electron chi connectivity index (χ3n) is 1.83. The zero-order chi connectivity index (χ0) is 11.0. The summed E-state index contributed by atoms with van der Waals surface area (Å²) in [5, 5.41) is 11.8. The van der Waals surface area contributed by atoms with E-state index in [0.29, 0.717) is 25.5 Å². The van der Waals surface area contributed by atoms with E-state index >= 15 is 0 Å². The molecule has 0 spiro atoms. The number of carbonyl (C=O) groups excluding carboxylic acids is 1. The molecular weight excluding hydrogens is 182 g/mol. The summed E-state index contributed by atoms with van der Waals surface area (Å²) in [5.74, 6) is 0.199. The van der Waals surface area contributed by atoms with E-state index < -0.39 is 0 Å². The molecule has 4 heteroatoms. The summed E-state index contributed by atoms with van der Waals surface area (Å²) in [5.41, 5.74) is 0. The van der Waals surface area contributed by atoms with Gasteiger partial charge in [0.25, 0.3) is 0 Å². The molecule has 0 aliphatic rings. The minimum absolute atomic E-state index is 0.0932. The van der Waals surface area contributed by atoms with Gasteiger partial charge in [0.2, 0.25) is 5.91 Å². The first-order chi connectivity index (χ1) is 6.56. The zero-order valence-corrected chi connectivity index (χ0v) is 9.25. The van der Waals surface area contributed by atoms with Crippen LogP contribution in [0.1, 0.15) is 27.2 Å². The molecule has 1 amide bonds. The van der Waals surface area contributed by atoms with E-state index in [1.807, 2.05) is 13.8 Å². The van der Waals surface area contributed by atoms with Gasteiger partial charge in [0, 0.05) is 13.2 Å². The van der Waals surface area contributed by atoms with Crippen molar-refractivity contribution in [2.45, 2.75) is 33.3 Å². The van der Waals surface area contributed by atoms with Crippen LogP contribution in [0, 0.1) is 5.92 Å². The smallest absolute Gasteiger partial charge is 0.246 e. The number of ether oxygens (including phenoxy) is 1. The Balaban J connectivity index is 3.45. The average Bonchev–Trinajstić information content (AvgIpc) is 2.10. The average molecular weight is 203 g/mol. The van der Waals surface area contributed by atoms with Gasteiger partial charge in [-0.25, -0.2) is 0 Å². The van der Waals surface area contributed by atoms with Gasteiger partial charge in [-0.1, -0.05) is 6.92 Å². The highest BCUT2D eigenvalue weighted by atomic mass is 16.5. The van der Waals surface area contributed by atoms with Gasteiger partial charge < -0.3 is 15.2 Å². The fourth-order valence-corrected chi connectivity index (χ4v) is 1.20. The molecule has 2 N–H and O–H groups in total. The van der Waals surface area contributed by atoms with Gasteiger partial charge in [0.05, 0.1) is 6.10 Å². The predicted octanol–water partition coefficient (Wildman–Crippen LogP) is 0.546. The van der Waals surface area contributed by atoms with Crippen molar-refractivity contribution in [2.75, 3.05) is 19.8 Å². The van der Waals surface area contributed by atoms with Crippen LogP contribution in [-0.2, 0) is 9.53 Å². The summed E-state index contributed by atoms with van der Waals surface area (Å²) in [6, 6.07) is 0. The second-order valence-corrected chi connectivity index (χ2v) is 3.63. The number of amides is 1. The maximum Gasteiger partial charge on any atom is 0.246 e. The maximum absolute atomic E-state index is 11.1. The zero-order valence-electron chi connectivity index (χ0n) is 9.25. The molecule has 0 saturated carbocycles. The molecule has 0 heterocycles. The molecule has 0 aliphatic heterocycles. The van der Waals surface area contributed by atoms with Crippen LogP contribution in [-0.4, -0.2) is 36.9 Å². The fourth-order valence-electron chi connectivity index (χ4n) is 1.20. The Morgan fingerprint density at radius 2 is 2.14 bits per heavy atom. The number of rotatable bonds is 7. The third-order valence-corrected chi connectivity index (χ3v) is 1.83. The van der Waals surface area contributed by atoms with E-state index in [1.165, 1.54) is 0 Å². The first-order valence-electron chi connectivity index (χ1n) is 5.08. The lowest BCUT2D eigenvalue weighted by atomic mass is 10.1. The largest absolute Gasteiger partial charge is 0.393 e. The minimum atomic E-state index is -0.311. The Morgan fingerprint density at radius 1 is 1.50 bits per heavy atom. The van der Waals surface area contributed by atoms with Crippen molar-refractivity contribution in [1.82, 2.24) is 5.32 Å². The molecular formula is C10H21NO3. The summed E-state index contributed by atoms with van der Waals surface area (Å²) >= 11 is 0. The first kappa shape index (κ1) is 13.4. The standard InChI is InChI=1S/C10H21NO3/c1-4-14-7-10(13)11-6-8(2)5-9(3)12/h8-9,12H,4-7H2,1-3H3,(H,11,13). The Kier molecular flexibility index (Phi) is 7.42. The molecule has 4 nitrogen and oxygen atoms in total. The van der Waals surface area contributed by atoms with Gasteiger partial charge in [-0.15, -0.1) is 0 Å². The summed E-state index contributed by atoms with van der Waals surface area (Å²) in [4.78, 5) is 11.1. The molecule has 2 unspecified atom stereocenters. The lowest BCUT2D eigenvalue weighted by molar-refractivity contribution is -0.125. The molecule has 0 aliphatic carbocycles. The van der Waals surface area contributed by atoms with Gasteiger partial charge in [0.1, 0.15) is 6.61 Å². The van der Waals surface area contributed by atoms with Gasteiger partial charge in [-0.05, 0) is 26.2 Å². The van der Waals surface area contributed by atoms with Gasteiger partial charge in [-0.3, -0.25) is 4.79 Å². The Labute approximate surface area is 85.6 Å². The Morgan fingerprint density at radius 3 is 2.64 bits per heavy atom. The van der Waals surface area contributed by atoms with Gasteiger partial charge in [-0.2, -0.15) is 0 Å². The highest BCUT2D eigenvalue weighted by Crippen LogP contribution is 2.03. The topological polar surface area (TPSA) is 58.6 Å². The second kappa shape index (κ2) is 7.76. The van der Waals surface area contributed by atoms with Crippen molar-refractivity contribution in [3.8, 4) is 0 Å². The van der Waals surface area contributed by atoms with Crippen LogP contribution >= 0.6 is 0 Å². The molecule has 0 bridgehead atoms. The number of carbonyl (C=O) groups is 1. The van der Waals surface area contributed by atoms with Crippen molar-refractivity contribution < 1.29 is 14.6 Å². The maximum atomic E-state index is 11.1. The highest BCUT2D eigenvalue weighted by molar-refractivity contribution is 5.77. The first-order valence-corrected chi connectivity index (χ1v) is 5.08. The molecule has 0 radical (unpaired) electrons. The number of nitrogens with one attached hydrogen (secondary N) is 1. The van der Waals surface area contributed by atoms with E-state index in [-0.39, 0.29) is 18.6 Å². The lowest BCUT2D eigenvalue weighted by Gasteiger charge is -2.13. The quantitative estimate of drug-likeness (QED) is 0.635. The van der Waals surface area contributed by atoms with Crippen LogP contribution in [0.25, 0.3) is 0 Å². The number of hydrogen-bond acceptors (Lipinski definition) is 3. The number of aliphatic hydroxyl groups excluding tert-OH is 1. The SMILES string of the molecule is CCOCC(=O)NCC(C)CC(C)O. The van der Waals surface area contributed by atoms with Crippen LogP contribution in [0.3, 0.4) is 0 Å². The van der Waals surface area contributed by atoms with E-state index in [1.54, 1.807) is 6.92 Å². The predicted molar refractivity (Wildman–Crippen MR) is 55.0 cm³/mol. The molecule has 0 fully saturated rings. The fraction of sp³-hybridized carbons (Fsp3) is 0.900. The molecule has 0 aromatic carbocycles. The lowest BCUT2D eigenvalue weighted by Crippen LogP contribution is -2.32. The summed E-state index contributed by atoms with van der Waals surface area (Å²) in [6.07, 6.45) is 0.392. The molecule has 0 aromatic rings. The summed E-state index contributed by atoms with van der Waals surface area (Å²) < 4.78 is 4.95. The van der Waals surface area contributed by atoms with Gasteiger partial charge in [0.15, 0.2) is 0 Å². The Bertz CT molecular complexity index is 159. The van der Waals surface area contributed by atoms with E-state index in [9.17, 15) is 4.79 Å². The van der Waals surface area contributed by atoms with Crippen molar-refractivity contribution in [2.24, 2.45) is 5.92 Å². The van der Waals surface area contributed by atoms with Crippen LogP contribution in [0.4, 0.5) is 0 Å². The van der Waals surface area contributed by atoms with Crippen LogP contribution in [0.2, 0.25) is 0 Å². The third kappa shape index (κ3) is 8.01. The second-order valence-electron chi connectivity index (χ2n) is 3.63.